The largest absolute Gasteiger partial charge is 0.490 e. The number of carbonyl (C=O) groups excluding carboxylic acids is 1. The van der Waals surface area contributed by atoms with Crippen LogP contribution in [0.2, 0.25) is 0 Å². The summed E-state index contributed by atoms with van der Waals surface area (Å²) in [6, 6.07) is 9.91. The SMILES string of the molecule is Nc1ccccc1OCCNC(=O)c1cc[nH]c(=O)c1. The number of hydrogen-bond acceptors (Lipinski definition) is 4. The van der Waals surface area contributed by atoms with Gasteiger partial charge in [-0.3, -0.25) is 9.59 Å². The molecule has 0 aliphatic heterocycles. The number of rotatable bonds is 5. The number of nitrogens with one attached hydrogen (secondary N) is 2. The Labute approximate surface area is 115 Å². The number of anilines is 1. The topological polar surface area (TPSA) is 97.2 Å². The molecule has 1 aromatic heterocycles. The number of H-pyrrole nitrogens is 1. The van der Waals surface area contributed by atoms with E-state index in [1.54, 1.807) is 12.1 Å². The maximum Gasteiger partial charge on any atom is 0.251 e. The molecule has 0 bridgehead atoms. The van der Waals surface area contributed by atoms with Crippen LogP contribution in [-0.4, -0.2) is 24.0 Å². The van der Waals surface area contributed by atoms with Crippen molar-refractivity contribution in [3.63, 3.8) is 0 Å². The van der Waals surface area contributed by atoms with Gasteiger partial charge in [0.2, 0.25) is 5.56 Å². The number of nitrogen functional groups attached to an aromatic ring is 1. The smallest absolute Gasteiger partial charge is 0.251 e. The number of carbonyl (C=O) groups is 1. The van der Waals surface area contributed by atoms with Gasteiger partial charge in [0, 0.05) is 17.8 Å². The van der Waals surface area contributed by atoms with E-state index in [2.05, 4.69) is 10.3 Å². The highest BCUT2D eigenvalue weighted by Gasteiger charge is 2.05. The van der Waals surface area contributed by atoms with Crippen LogP contribution in [0, 0.1) is 0 Å². The van der Waals surface area contributed by atoms with Crippen LogP contribution >= 0.6 is 0 Å². The second-order valence-corrected chi connectivity index (χ2v) is 4.08. The Morgan fingerprint density at radius 3 is 2.85 bits per heavy atom. The molecule has 2 aromatic rings. The minimum Gasteiger partial charge on any atom is -0.490 e. The number of benzene rings is 1. The van der Waals surface area contributed by atoms with Crippen LogP contribution in [0.25, 0.3) is 0 Å². The van der Waals surface area contributed by atoms with Crippen molar-refractivity contribution < 1.29 is 9.53 Å². The van der Waals surface area contributed by atoms with E-state index >= 15 is 0 Å². The van der Waals surface area contributed by atoms with Crippen molar-refractivity contribution in [2.75, 3.05) is 18.9 Å². The summed E-state index contributed by atoms with van der Waals surface area (Å²) < 4.78 is 5.44. The van der Waals surface area contributed by atoms with Crippen molar-refractivity contribution in [2.24, 2.45) is 0 Å². The zero-order valence-corrected chi connectivity index (χ0v) is 10.8. The molecule has 0 aliphatic rings. The summed E-state index contributed by atoms with van der Waals surface area (Å²) in [5.74, 6) is 0.263. The van der Waals surface area contributed by atoms with E-state index in [0.29, 0.717) is 30.2 Å². The van der Waals surface area contributed by atoms with Gasteiger partial charge in [-0.05, 0) is 18.2 Å². The number of aromatic nitrogens is 1. The molecule has 20 heavy (non-hydrogen) atoms. The molecule has 0 saturated heterocycles. The lowest BCUT2D eigenvalue weighted by Crippen LogP contribution is -2.29. The molecule has 0 spiro atoms. The Kier molecular flexibility index (Phi) is 4.39. The van der Waals surface area contributed by atoms with E-state index < -0.39 is 0 Å². The van der Waals surface area contributed by atoms with Gasteiger partial charge in [-0.15, -0.1) is 0 Å². The number of hydrogen-bond donors (Lipinski definition) is 3. The van der Waals surface area contributed by atoms with Crippen molar-refractivity contribution in [3.8, 4) is 5.75 Å². The van der Waals surface area contributed by atoms with Crippen LogP contribution in [0.4, 0.5) is 5.69 Å². The van der Waals surface area contributed by atoms with Gasteiger partial charge >= 0.3 is 0 Å². The van der Waals surface area contributed by atoms with Gasteiger partial charge < -0.3 is 20.8 Å². The normalized spacial score (nSPS) is 10.0. The standard InChI is InChI=1S/C14H15N3O3/c15-11-3-1-2-4-12(11)20-8-7-17-14(19)10-5-6-16-13(18)9-10/h1-6,9H,7-8,15H2,(H,16,18)(H,17,19). The first-order valence-corrected chi connectivity index (χ1v) is 6.11. The van der Waals surface area contributed by atoms with Gasteiger partial charge in [-0.25, -0.2) is 0 Å². The molecule has 0 unspecified atom stereocenters. The Morgan fingerprint density at radius 2 is 2.10 bits per heavy atom. The molecule has 0 saturated carbocycles. The summed E-state index contributed by atoms with van der Waals surface area (Å²) in [4.78, 5) is 25.3. The Balaban J connectivity index is 1.80. The Morgan fingerprint density at radius 1 is 1.30 bits per heavy atom. The molecule has 6 heteroatoms. The third kappa shape index (κ3) is 3.61. The summed E-state index contributed by atoms with van der Waals surface area (Å²) in [6.07, 6.45) is 1.43. The van der Waals surface area contributed by atoms with Gasteiger partial charge in [0.25, 0.3) is 5.91 Å². The quantitative estimate of drug-likeness (QED) is 0.553. The maximum absolute atomic E-state index is 11.7. The van der Waals surface area contributed by atoms with Crippen LogP contribution in [0.5, 0.6) is 5.75 Å². The fourth-order valence-electron chi connectivity index (χ4n) is 1.63. The summed E-state index contributed by atoms with van der Waals surface area (Å²) in [6.45, 7) is 0.614. The first-order chi connectivity index (χ1) is 9.66. The van der Waals surface area contributed by atoms with E-state index in [0.717, 1.165) is 0 Å². The first kappa shape index (κ1) is 13.7. The van der Waals surface area contributed by atoms with Gasteiger partial charge in [0.1, 0.15) is 12.4 Å². The highest BCUT2D eigenvalue weighted by Crippen LogP contribution is 2.19. The number of para-hydroxylation sites is 2. The minimum absolute atomic E-state index is 0.295. The van der Waals surface area contributed by atoms with Gasteiger partial charge in [-0.2, -0.15) is 0 Å². The minimum atomic E-state index is -0.319. The number of pyridine rings is 1. The molecule has 2 rings (SSSR count). The summed E-state index contributed by atoms with van der Waals surface area (Å²) in [5, 5.41) is 2.66. The van der Waals surface area contributed by atoms with Crippen LogP contribution < -0.4 is 21.3 Å². The molecule has 0 aliphatic carbocycles. The molecule has 104 valence electrons. The monoisotopic (exact) mass is 273 g/mol. The lowest BCUT2D eigenvalue weighted by Gasteiger charge is -2.09. The molecule has 4 N–H and O–H groups in total. The fourth-order valence-corrected chi connectivity index (χ4v) is 1.63. The highest BCUT2D eigenvalue weighted by atomic mass is 16.5. The lowest BCUT2D eigenvalue weighted by atomic mass is 10.2. The summed E-state index contributed by atoms with van der Waals surface area (Å²) in [7, 11) is 0. The van der Waals surface area contributed by atoms with Gasteiger partial charge in [-0.1, -0.05) is 12.1 Å². The zero-order valence-electron chi connectivity index (χ0n) is 10.8. The predicted octanol–water partition coefficient (Wildman–Crippen LogP) is 0.766. The molecule has 0 fully saturated rings. The highest BCUT2D eigenvalue weighted by molar-refractivity contribution is 5.93. The second kappa shape index (κ2) is 6.42. The lowest BCUT2D eigenvalue weighted by molar-refractivity contribution is 0.0947. The molecular formula is C14H15N3O3. The Bertz CT molecular complexity index is 652. The molecular weight excluding hydrogens is 258 g/mol. The average molecular weight is 273 g/mol. The van der Waals surface area contributed by atoms with E-state index in [4.69, 9.17) is 10.5 Å². The van der Waals surface area contributed by atoms with E-state index in [1.165, 1.54) is 18.3 Å². The van der Waals surface area contributed by atoms with Crippen molar-refractivity contribution in [1.82, 2.24) is 10.3 Å². The van der Waals surface area contributed by atoms with Crippen LogP contribution in [-0.2, 0) is 0 Å². The van der Waals surface area contributed by atoms with Crippen molar-refractivity contribution >= 4 is 11.6 Å². The van der Waals surface area contributed by atoms with E-state index in [1.807, 2.05) is 12.1 Å². The molecule has 0 radical (unpaired) electrons. The van der Waals surface area contributed by atoms with E-state index in [9.17, 15) is 9.59 Å². The molecule has 1 heterocycles. The first-order valence-electron chi connectivity index (χ1n) is 6.11. The second-order valence-electron chi connectivity index (χ2n) is 4.08. The van der Waals surface area contributed by atoms with E-state index in [-0.39, 0.29) is 11.5 Å². The number of ether oxygens (including phenoxy) is 1. The molecule has 0 atom stereocenters. The zero-order chi connectivity index (χ0) is 14.4. The van der Waals surface area contributed by atoms with Gasteiger partial charge in [0.15, 0.2) is 0 Å². The van der Waals surface area contributed by atoms with Crippen LogP contribution in [0.1, 0.15) is 10.4 Å². The molecule has 6 nitrogen and oxygen atoms in total. The predicted molar refractivity (Wildman–Crippen MR) is 75.7 cm³/mol. The third-order valence-electron chi connectivity index (χ3n) is 2.60. The van der Waals surface area contributed by atoms with Crippen LogP contribution in [0.3, 0.4) is 0 Å². The summed E-state index contributed by atoms with van der Waals surface area (Å²) >= 11 is 0. The average Bonchev–Trinajstić information content (AvgIpc) is 2.45. The Hall–Kier alpha value is -2.76. The fraction of sp³-hybridized carbons (Fsp3) is 0.143. The molecule has 1 amide bonds. The van der Waals surface area contributed by atoms with Crippen molar-refractivity contribution in [2.45, 2.75) is 0 Å². The maximum atomic E-state index is 11.7. The van der Waals surface area contributed by atoms with Crippen molar-refractivity contribution in [1.29, 1.82) is 0 Å². The van der Waals surface area contributed by atoms with Crippen molar-refractivity contribution in [3.05, 3.63) is 58.5 Å². The van der Waals surface area contributed by atoms with Gasteiger partial charge in [0.05, 0.1) is 12.2 Å². The number of amides is 1. The third-order valence-corrected chi connectivity index (χ3v) is 2.60. The number of aromatic amines is 1. The summed E-state index contributed by atoms with van der Waals surface area (Å²) in [5.41, 5.74) is 6.27. The number of nitrogens with two attached hydrogens (primary N) is 1. The van der Waals surface area contributed by atoms with Crippen LogP contribution in [0.15, 0.2) is 47.4 Å². The molecule has 1 aromatic carbocycles.